The van der Waals surface area contributed by atoms with Crippen molar-refractivity contribution in [2.24, 2.45) is 5.11 Å². The number of rotatable bonds is 2. The Balaban J connectivity index is 1.78. The molecule has 2 aliphatic rings. The summed E-state index contributed by atoms with van der Waals surface area (Å²) in [6.45, 7) is 3.87. The van der Waals surface area contributed by atoms with Gasteiger partial charge in [-0.2, -0.15) is 0 Å². The van der Waals surface area contributed by atoms with Crippen LogP contribution in [-0.4, -0.2) is 43.3 Å². The normalized spacial score (nSPS) is 26.5. The van der Waals surface area contributed by atoms with Gasteiger partial charge in [-0.3, -0.25) is 4.90 Å². The van der Waals surface area contributed by atoms with Crippen molar-refractivity contribution in [2.75, 3.05) is 26.3 Å². The number of piperidine rings is 1. The molecule has 0 unspecified atom stereocenters. The standard InChI is InChI=1S/C8H14N4O/c9-11-10-7-1-3-12(4-2-7)8-5-13-6-8/h7-8H,1-6H2. The van der Waals surface area contributed by atoms with Gasteiger partial charge in [-0.15, -0.1) is 0 Å². The second kappa shape index (κ2) is 3.96. The quantitative estimate of drug-likeness (QED) is 0.365. The maximum absolute atomic E-state index is 8.28. The molecule has 5 heteroatoms. The molecule has 0 amide bonds. The first-order chi connectivity index (χ1) is 6.40. The van der Waals surface area contributed by atoms with Crippen LogP contribution in [0.1, 0.15) is 12.8 Å². The Bertz CT molecular complexity index is 214. The zero-order valence-corrected chi connectivity index (χ0v) is 7.59. The Hall–Kier alpha value is -0.770. The average molecular weight is 182 g/mol. The zero-order chi connectivity index (χ0) is 9.10. The molecule has 0 aromatic rings. The molecule has 0 radical (unpaired) electrons. The Morgan fingerprint density at radius 3 is 2.46 bits per heavy atom. The van der Waals surface area contributed by atoms with E-state index in [2.05, 4.69) is 14.9 Å². The lowest BCUT2D eigenvalue weighted by Crippen LogP contribution is -2.52. The predicted molar refractivity (Wildman–Crippen MR) is 48.3 cm³/mol. The molecule has 0 bridgehead atoms. The minimum Gasteiger partial charge on any atom is -0.378 e. The first kappa shape index (κ1) is 8.81. The van der Waals surface area contributed by atoms with E-state index in [9.17, 15) is 0 Å². The van der Waals surface area contributed by atoms with Crippen LogP contribution in [0.2, 0.25) is 0 Å². The molecule has 2 rings (SSSR count). The first-order valence-corrected chi connectivity index (χ1v) is 4.76. The van der Waals surface area contributed by atoms with Gasteiger partial charge in [0.25, 0.3) is 0 Å². The summed E-state index contributed by atoms with van der Waals surface area (Å²) >= 11 is 0. The summed E-state index contributed by atoms with van der Waals surface area (Å²) < 4.78 is 5.14. The van der Waals surface area contributed by atoms with Crippen molar-refractivity contribution >= 4 is 0 Å². The molecule has 0 saturated carbocycles. The third-order valence-electron chi connectivity index (χ3n) is 2.85. The van der Waals surface area contributed by atoms with Gasteiger partial charge in [0.2, 0.25) is 0 Å². The van der Waals surface area contributed by atoms with Crippen LogP contribution < -0.4 is 0 Å². The van der Waals surface area contributed by atoms with Gasteiger partial charge in [-0.1, -0.05) is 5.11 Å². The minimum atomic E-state index is 0.224. The van der Waals surface area contributed by atoms with E-state index in [-0.39, 0.29) is 6.04 Å². The summed E-state index contributed by atoms with van der Waals surface area (Å²) in [7, 11) is 0. The molecule has 2 heterocycles. The number of ether oxygens (including phenoxy) is 1. The highest BCUT2D eigenvalue weighted by atomic mass is 16.5. The molecular weight excluding hydrogens is 168 g/mol. The van der Waals surface area contributed by atoms with E-state index < -0.39 is 0 Å². The van der Waals surface area contributed by atoms with Crippen molar-refractivity contribution < 1.29 is 4.74 Å². The van der Waals surface area contributed by atoms with Crippen LogP contribution in [0.25, 0.3) is 10.4 Å². The highest BCUT2D eigenvalue weighted by molar-refractivity contribution is 4.84. The molecule has 2 aliphatic heterocycles. The van der Waals surface area contributed by atoms with Crippen LogP contribution in [0.3, 0.4) is 0 Å². The molecule has 0 N–H and O–H groups in total. The van der Waals surface area contributed by atoms with E-state index in [0.29, 0.717) is 6.04 Å². The molecule has 72 valence electrons. The smallest absolute Gasteiger partial charge is 0.0645 e. The van der Waals surface area contributed by atoms with Crippen LogP contribution in [0.4, 0.5) is 0 Å². The number of hydrogen-bond acceptors (Lipinski definition) is 3. The maximum atomic E-state index is 8.28. The van der Waals surface area contributed by atoms with E-state index in [1.807, 2.05) is 0 Å². The van der Waals surface area contributed by atoms with Gasteiger partial charge in [0.1, 0.15) is 0 Å². The average Bonchev–Trinajstić information content (AvgIpc) is 2.06. The Morgan fingerprint density at radius 1 is 1.31 bits per heavy atom. The fourth-order valence-corrected chi connectivity index (χ4v) is 1.87. The molecule has 0 aromatic carbocycles. The van der Waals surface area contributed by atoms with Crippen molar-refractivity contribution in [1.29, 1.82) is 0 Å². The highest BCUT2D eigenvalue weighted by Crippen LogP contribution is 2.19. The molecule has 0 aliphatic carbocycles. The molecule has 5 nitrogen and oxygen atoms in total. The topological polar surface area (TPSA) is 61.2 Å². The summed E-state index contributed by atoms with van der Waals surface area (Å²) in [6, 6.07) is 0.856. The van der Waals surface area contributed by atoms with E-state index in [0.717, 1.165) is 39.1 Å². The summed E-state index contributed by atoms with van der Waals surface area (Å²) in [6.07, 6.45) is 2.00. The van der Waals surface area contributed by atoms with Gasteiger partial charge in [0.15, 0.2) is 0 Å². The second-order valence-corrected chi connectivity index (χ2v) is 3.66. The predicted octanol–water partition coefficient (Wildman–Crippen LogP) is 1.16. The van der Waals surface area contributed by atoms with Gasteiger partial charge in [0.05, 0.1) is 19.3 Å². The van der Waals surface area contributed by atoms with Gasteiger partial charge in [-0.25, -0.2) is 0 Å². The summed E-state index contributed by atoms with van der Waals surface area (Å²) in [5.41, 5.74) is 8.28. The van der Waals surface area contributed by atoms with Crippen molar-refractivity contribution in [3.8, 4) is 0 Å². The van der Waals surface area contributed by atoms with Gasteiger partial charge >= 0.3 is 0 Å². The number of azide groups is 1. The molecule has 2 fully saturated rings. The SMILES string of the molecule is [N-]=[N+]=NC1CCN(C2COC2)CC1. The third-order valence-corrected chi connectivity index (χ3v) is 2.85. The molecule has 0 spiro atoms. The van der Waals surface area contributed by atoms with Gasteiger partial charge in [-0.05, 0) is 31.5 Å². The van der Waals surface area contributed by atoms with Crippen molar-refractivity contribution in [2.45, 2.75) is 24.9 Å². The van der Waals surface area contributed by atoms with Crippen LogP contribution in [-0.2, 0) is 4.74 Å². The van der Waals surface area contributed by atoms with Crippen LogP contribution in [0.5, 0.6) is 0 Å². The summed E-state index contributed by atoms with van der Waals surface area (Å²) in [4.78, 5) is 5.28. The number of likely N-dealkylation sites (tertiary alicyclic amines) is 1. The van der Waals surface area contributed by atoms with Crippen molar-refractivity contribution in [3.63, 3.8) is 0 Å². The summed E-state index contributed by atoms with van der Waals surface area (Å²) in [5, 5.41) is 3.74. The van der Waals surface area contributed by atoms with Gasteiger partial charge in [0, 0.05) is 11.0 Å². The monoisotopic (exact) mass is 182 g/mol. The van der Waals surface area contributed by atoms with Crippen LogP contribution in [0, 0.1) is 0 Å². The van der Waals surface area contributed by atoms with Crippen molar-refractivity contribution in [1.82, 2.24) is 4.90 Å². The molecular formula is C8H14N4O. The molecule has 2 saturated heterocycles. The minimum absolute atomic E-state index is 0.224. The van der Waals surface area contributed by atoms with Crippen LogP contribution in [0.15, 0.2) is 5.11 Å². The van der Waals surface area contributed by atoms with E-state index in [1.165, 1.54) is 0 Å². The Morgan fingerprint density at radius 2 is 2.00 bits per heavy atom. The van der Waals surface area contributed by atoms with Crippen LogP contribution >= 0.6 is 0 Å². The van der Waals surface area contributed by atoms with Gasteiger partial charge < -0.3 is 4.74 Å². The number of nitrogens with zero attached hydrogens (tertiary/aromatic N) is 4. The van der Waals surface area contributed by atoms with Crippen molar-refractivity contribution in [3.05, 3.63) is 10.4 Å². The fourth-order valence-electron chi connectivity index (χ4n) is 1.87. The maximum Gasteiger partial charge on any atom is 0.0645 e. The Kier molecular flexibility index (Phi) is 2.68. The largest absolute Gasteiger partial charge is 0.378 e. The van der Waals surface area contributed by atoms with E-state index >= 15 is 0 Å². The Labute approximate surface area is 77.3 Å². The lowest BCUT2D eigenvalue weighted by Gasteiger charge is -2.40. The number of hydrogen-bond donors (Lipinski definition) is 0. The van der Waals surface area contributed by atoms with E-state index in [4.69, 9.17) is 10.3 Å². The third kappa shape index (κ3) is 1.94. The van der Waals surface area contributed by atoms with E-state index in [1.54, 1.807) is 0 Å². The first-order valence-electron chi connectivity index (χ1n) is 4.76. The zero-order valence-electron chi connectivity index (χ0n) is 7.59. The lowest BCUT2D eigenvalue weighted by molar-refractivity contribution is -0.0710. The summed E-state index contributed by atoms with van der Waals surface area (Å²) in [5.74, 6) is 0. The fraction of sp³-hybridized carbons (Fsp3) is 1.00. The molecule has 13 heavy (non-hydrogen) atoms. The highest BCUT2D eigenvalue weighted by Gasteiger charge is 2.28. The molecule has 0 aromatic heterocycles. The molecule has 0 atom stereocenters. The second-order valence-electron chi connectivity index (χ2n) is 3.66. The lowest BCUT2D eigenvalue weighted by atomic mass is 10.0.